The van der Waals surface area contributed by atoms with Gasteiger partial charge in [-0.1, -0.05) is 11.3 Å². The van der Waals surface area contributed by atoms with Gasteiger partial charge in [0.1, 0.15) is 16.0 Å². The number of carbonyl (C=O) groups is 1. The number of aliphatic imine (C=N–C) groups is 1. The van der Waals surface area contributed by atoms with Gasteiger partial charge in [0, 0.05) is 0 Å². The maximum atomic E-state index is 10.4. The molecular formula is C8H5N3OS. The SMILES string of the molecule is C=Nc1nc2ccc(C=O)nc2s1. The average Bonchev–Trinajstić information content (AvgIpc) is 2.58. The minimum absolute atomic E-state index is 0.409. The first-order valence-electron chi connectivity index (χ1n) is 3.53. The lowest BCUT2D eigenvalue weighted by Gasteiger charge is -1.86. The summed E-state index contributed by atoms with van der Waals surface area (Å²) in [7, 11) is 0. The summed E-state index contributed by atoms with van der Waals surface area (Å²) >= 11 is 1.32. The third-order valence-corrected chi connectivity index (χ3v) is 2.42. The summed E-state index contributed by atoms with van der Waals surface area (Å²) in [5.41, 5.74) is 1.16. The first kappa shape index (κ1) is 8.00. The number of pyridine rings is 1. The fourth-order valence-corrected chi connectivity index (χ4v) is 1.70. The van der Waals surface area contributed by atoms with Crippen LogP contribution in [0.2, 0.25) is 0 Å². The second-order valence-corrected chi connectivity index (χ2v) is 3.29. The highest BCUT2D eigenvalue weighted by atomic mass is 32.1. The van der Waals surface area contributed by atoms with Crippen molar-refractivity contribution in [2.75, 3.05) is 0 Å². The standard InChI is InChI=1S/C8H5N3OS/c1-9-8-11-6-3-2-5(4-12)10-7(6)13-8/h2-4H,1H2. The third-order valence-electron chi connectivity index (χ3n) is 1.52. The van der Waals surface area contributed by atoms with Gasteiger partial charge in [-0.25, -0.2) is 15.0 Å². The molecule has 0 spiro atoms. The molecule has 2 aromatic rings. The Bertz CT molecular complexity index is 471. The number of rotatable bonds is 2. The first-order valence-corrected chi connectivity index (χ1v) is 4.34. The number of carbonyl (C=O) groups excluding carboxylic acids is 1. The van der Waals surface area contributed by atoms with Crippen molar-refractivity contribution in [2.24, 2.45) is 4.99 Å². The molecule has 0 aliphatic rings. The van der Waals surface area contributed by atoms with Crippen molar-refractivity contribution in [1.29, 1.82) is 0 Å². The van der Waals surface area contributed by atoms with Gasteiger partial charge in [-0.05, 0) is 18.9 Å². The molecule has 0 saturated heterocycles. The molecular weight excluding hydrogens is 186 g/mol. The molecule has 0 saturated carbocycles. The van der Waals surface area contributed by atoms with Crippen molar-refractivity contribution in [3.05, 3.63) is 17.8 Å². The van der Waals surface area contributed by atoms with Crippen LogP contribution in [0.4, 0.5) is 5.13 Å². The van der Waals surface area contributed by atoms with Crippen LogP contribution in [0.3, 0.4) is 0 Å². The molecule has 64 valence electrons. The van der Waals surface area contributed by atoms with Crippen LogP contribution in [0.5, 0.6) is 0 Å². The lowest BCUT2D eigenvalue weighted by Crippen LogP contribution is -1.83. The van der Waals surface area contributed by atoms with E-state index in [1.54, 1.807) is 12.1 Å². The van der Waals surface area contributed by atoms with E-state index in [9.17, 15) is 4.79 Å². The van der Waals surface area contributed by atoms with Gasteiger partial charge in [0.05, 0.1) is 0 Å². The summed E-state index contributed by atoms with van der Waals surface area (Å²) in [5, 5.41) is 0.575. The van der Waals surface area contributed by atoms with E-state index in [4.69, 9.17) is 0 Å². The molecule has 0 aliphatic heterocycles. The molecule has 2 aromatic heterocycles. The summed E-state index contributed by atoms with van der Waals surface area (Å²) in [6, 6.07) is 3.37. The lowest BCUT2D eigenvalue weighted by molar-refractivity contribution is 0.111. The number of nitrogens with zero attached hydrogens (tertiary/aromatic N) is 3. The molecule has 2 heterocycles. The Labute approximate surface area is 78.0 Å². The molecule has 0 N–H and O–H groups in total. The van der Waals surface area contributed by atoms with Crippen molar-refractivity contribution in [3.63, 3.8) is 0 Å². The average molecular weight is 191 g/mol. The van der Waals surface area contributed by atoms with Gasteiger partial charge < -0.3 is 0 Å². The van der Waals surface area contributed by atoms with Crippen LogP contribution in [-0.2, 0) is 0 Å². The van der Waals surface area contributed by atoms with E-state index in [0.29, 0.717) is 21.9 Å². The summed E-state index contributed by atoms with van der Waals surface area (Å²) < 4.78 is 0. The van der Waals surface area contributed by atoms with Crippen LogP contribution in [0.1, 0.15) is 10.5 Å². The predicted octanol–water partition coefficient (Wildman–Crippen LogP) is 1.84. The minimum Gasteiger partial charge on any atom is -0.296 e. The van der Waals surface area contributed by atoms with Crippen molar-refractivity contribution < 1.29 is 4.79 Å². The third kappa shape index (κ3) is 1.33. The van der Waals surface area contributed by atoms with E-state index >= 15 is 0 Å². The Balaban J connectivity index is 2.69. The Morgan fingerprint density at radius 2 is 2.31 bits per heavy atom. The molecule has 0 radical (unpaired) electrons. The van der Waals surface area contributed by atoms with Crippen LogP contribution < -0.4 is 0 Å². The second-order valence-electron chi connectivity index (χ2n) is 2.33. The number of hydrogen-bond donors (Lipinski definition) is 0. The normalized spacial score (nSPS) is 10.2. The molecule has 0 aromatic carbocycles. The molecule has 13 heavy (non-hydrogen) atoms. The maximum absolute atomic E-state index is 10.4. The van der Waals surface area contributed by atoms with Crippen LogP contribution in [-0.4, -0.2) is 23.0 Å². The number of hydrogen-bond acceptors (Lipinski definition) is 5. The minimum atomic E-state index is 0.409. The summed E-state index contributed by atoms with van der Waals surface area (Å²) in [5.74, 6) is 0. The van der Waals surface area contributed by atoms with Gasteiger partial charge in [0.25, 0.3) is 0 Å². The van der Waals surface area contributed by atoms with E-state index in [-0.39, 0.29) is 0 Å². The Kier molecular flexibility index (Phi) is 1.86. The van der Waals surface area contributed by atoms with Gasteiger partial charge in [0.2, 0.25) is 5.13 Å². The molecule has 0 amide bonds. The molecule has 0 atom stereocenters. The zero-order valence-electron chi connectivity index (χ0n) is 6.60. The zero-order chi connectivity index (χ0) is 9.26. The molecule has 2 rings (SSSR count). The van der Waals surface area contributed by atoms with Gasteiger partial charge in [-0.2, -0.15) is 0 Å². The first-order chi connectivity index (χ1) is 6.33. The van der Waals surface area contributed by atoms with E-state index in [1.807, 2.05) is 0 Å². The highest BCUT2D eigenvalue weighted by Crippen LogP contribution is 2.25. The molecule has 0 unspecified atom stereocenters. The topological polar surface area (TPSA) is 55.2 Å². The second kappa shape index (κ2) is 3.02. The van der Waals surface area contributed by atoms with E-state index in [2.05, 4.69) is 21.7 Å². The van der Waals surface area contributed by atoms with Crippen molar-refractivity contribution in [2.45, 2.75) is 0 Å². The summed E-state index contributed by atoms with van der Waals surface area (Å²) in [4.78, 5) is 23.0. The number of aromatic nitrogens is 2. The Hall–Kier alpha value is -1.62. The predicted molar refractivity (Wildman–Crippen MR) is 52.0 cm³/mol. The van der Waals surface area contributed by atoms with E-state index in [1.165, 1.54) is 11.3 Å². The highest BCUT2D eigenvalue weighted by molar-refractivity contribution is 7.21. The van der Waals surface area contributed by atoms with Crippen LogP contribution >= 0.6 is 11.3 Å². The van der Waals surface area contributed by atoms with Crippen molar-refractivity contribution in [1.82, 2.24) is 9.97 Å². The molecule has 5 heteroatoms. The van der Waals surface area contributed by atoms with Crippen molar-refractivity contribution in [3.8, 4) is 0 Å². The monoisotopic (exact) mass is 191 g/mol. The number of aldehydes is 1. The molecule has 0 bridgehead atoms. The zero-order valence-corrected chi connectivity index (χ0v) is 7.41. The Morgan fingerprint density at radius 1 is 1.46 bits per heavy atom. The number of thiazole rings is 1. The fraction of sp³-hybridized carbons (Fsp3) is 0. The molecule has 0 fully saturated rings. The van der Waals surface area contributed by atoms with Gasteiger partial charge in [0.15, 0.2) is 6.29 Å². The Morgan fingerprint density at radius 3 is 3.00 bits per heavy atom. The van der Waals surface area contributed by atoms with Crippen LogP contribution in [0.25, 0.3) is 10.3 Å². The van der Waals surface area contributed by atoms with Gasteiger partial charge in [-0.15, -0.1) is 0 Å². The van der Waals surface area contributed by atoms with E-state index in [0.717, 1.165) is 5.52 Å². The van der Waals surface area contributed by atoms with Crippen LogP contribution in [0.15, 0.2) is 17.1 Å². The highest BCUT2D eigenvalue weighted by Gasteiger charge is 2.03. The largest absolute Gasteiger partial charge is 0.296 e. The van der Waals surface area contributed by atoms with E-state index < -0.39 is 0 Å². The van der Waals surface area contributed by atoms with Crippen molar-refractivity contribution >= 4 is 39.8 Å². The molecule has 0 aliphatic carbocycles. The maximum Gasteiger partial charge on any atom is 0.211 e. The molecule has 4 nitrogen and oxygen atoms in total. The lowest BCUT2D eigenvalue weighted by atomic mass is 10.4. The van der Waals surface area contributed by atoms with Gasteiger partial charge >= 0.3 is 0 Å². The van der Waals surface area contributed by atoms with Crippen LogP contribution in [0, 0.1) is 0 Å². The smallest absolute Gasteiger partial charge is 0.211 e. The number of fused-ring (bicyclic) bond motifs is 1. The van der Waals surface area contributed by atoms with Gasteiger partial charge in [-0.3, -0.25) is 4.79 Å². The fourth-order valence-electron chi connectivity index (χ4n) is 0.953. The summed E-state index contributed by atoms with van der Waals surface area (Å²) in [6.07, 6.45) is 0.709. The quantitative estimate of drug-likeness (QED) is 0.537. The summed E-state index contributed by atoms with van der Waals surface area (Å²) in [6.45, 7) is 3.37.